The number of aromatic carboxylic acids is 1. The van der Waals surface area contributed by atoms with E-state index in [1.807, 2.05) is 48.5 Å². The normalized spacial score (nSPS) is 11.4. The van der Waals surface area contributed by atoms with Crippen LogP contribution in [0.2, 0.25) is 0 Å². The monoisotopic (exact) mass is 526 g/mol. The van der Waals surface area contributed by atoms with Gasteiger partial charge in [-0.15, -0.1) is 11.3 Å². The van der Waals surface area contributed by atoms with Crippen molar-refractivity contribution in [2.75, 3.05) is 0 Å². The van der Waals surface area contributed by atoms with Crippen LogP contribution in [0, 0.1) is 6.92 Å². The molecule has 0 aliphatic heterocycles. The van der Waals surface area contributed by atoms with Crippen molar-refractivity contribution in [1.82, 2.24) is 0 Å². The fraction of sp³-hybridized carbons (Fsp3) is 0.0800. The highest BCUT2D eigenvalue weighted by Crippen LogP contribution is 2.35. The highest BCUT2D eigenvalue weighted by molar-refractivity contribution is 9.10. The van der Waals surface area contributed by atoms with Crippen molar-refractivity contribution in [3.63, 3.8) is 0 Å². The number of carboxylic acid groups (broad SMARTS) is 1. The average Bonchev–Trinajstić information content (AvgIpc) is 3.18. The zero-order valence-corrected chi connectivity index (χ0v) is 20.3. The fourth-order valence-electron chi connectivity index (χ4n) is 3.52. The molecule has 3 aromatic carbocycles. The summed E-state index contributed by atoms with van der Waals surface area (Å²) in [7, 11) is -3.68. The van der Waals surface area contributed by atoms with Gasteiger partial charge in [-0.3, -0.25) is 0 Å². The molecule has 0 radical (unpaired) electrons. The molecule has 0 saturated carbocycles. The molecule has 0 bridgehead atoms. The molecular formula is C25H19BrO4S2. The number of hydrogen-bond donors (Lipinski definition) is 1. The van der Waals surface area contributed by atoms with Crippen LogP contribution >= 0.6 is 27.3 Å². The van der Waals surface area contributed by atoms with Crippen molar-refractivity contribution in [3.05, 3.63) is 99.3 Å². The molecule has 4 nitrogen and oxygen atoms in total. The molecule has 0 saturated heterocycles. The number of carboxylic acids is 1. The minimum absolute atomic E-state index is 0.0501. The van der Waals surface area contributed by atoms with E-state index in [4.69, 9.17) is 0 Å². The lowest BCUT2D eigenvalue weighted by Crippen LogP contribution is -2.08. The minimum atomic E-state index is -3.68. The number of thiophene rings is 1. The van der Waals surface area contributed by atoms with Gasteiger partial charge >= 0.3 is 5.97 Å². The Morgan fingerprint density at radius 3 is 2.06 bits per heavy atom. The minimum Gasteiger partial charge on any atom is -0.477 e. The van der Waals surface area contributed by atoms with E-state index in [1.54, 1.807) is 37.3 Å². The van der Waals surface area contributed by atoms with Crippen LogP contribution in [0.25, 0.3) is 21.6 Å². The fourth-order valence-corrected chi connectivity index (χ4v) is 6.53. The van der Waals surface area contributed by atoms with Crippen LogP contribution in [0.4, 0.5) is 0 Å². The first-order valence-electron chi connectivity index (χ1n) is 9.75. The van der Waals surface area contributed by atoms with Gasteiger partial charge in [0.1, 0.15) is 4.88 Å². The van der Waals surface area contributed by atoms with Gasteiger partial charge in [0.2, 0.25) is 0 Å². The summed E-state index contributed by atoms with van der Waals surface area (Å²) >= 11 is 4.53. The molecule has 7 heteroatoms. The van der Waals surface area contributed by atoms with Crippen LogP contribution < -0.4 is 0 Å². The van der Waals surface area contributed by atoms with Crippen molar-refractivity contribution in [1.29, 1.82) is 0 Å². The maximum atomic E-state index is 13.0. The predicted molar refractivity (Wildman–Crippen MR) is 132 cm³/mol. The first-order chi connectivity index (χ1) is 15.2. The molecular weight excluding hydrogens is 508 g/mol. The molecule has 1 N–H and O–H groups in total. The third-order valence-corrected chi connectivity index (χ3v) is 8.69. The maximum Gasteiger partial charge on any atom is 0.346 e. The summed E-state index contributed by atoms with van der Waals surface area (Å²) in [5.74, 6) is -1.48. The molecule has 0 unspecified atom stereocenters. The summed E-state index contributed by atoms with van der Waals surface area (Å²) in [6.07, 6.45) is 0. The van der Waals surface area contributed by atoms with Crippen molar-refractivity contribution in [2.45, 2.75) is 17.6 Å². The highest BCUT2D eigenvalue weighted by atomic mass is 79.9. The second kappa shape index (κ2) is 9.02. The Morgan fingerprint density at radius 2 is 1.47 bits per heavy atom. The molecule has 32 heavy (non-hydrogen) atoms. The van der Waals surface area contributed by atoms with Crippen LogP contribution in [0.5, 0.6) is 0 Å². The quantitative estimate of drug-likeness (QED) is 0.299. The van der Waals surface area contributed by atoms with Crippen LogP contribution in [0.1, 0.15) is 20.8 Å². The van der Waals surface area contributed by atoms with Gasteiger partial charge in [0.05, 0.1) is 10.6 Å². The first kappa shape index (κ1) is 22.5. The molecule has 0 atom stereocenters. The highest BCUT2D eigenvalue weighted by Gasteiger charge is 2.24. The van der Waals surface area contributed by atoms with Gasteiger partial charge in [-0.25, -0.2) is 13.2 Å². The maximum absolute atomic E-state index is 13.0. The van der Waals surface area contributed by atoms with Gasteiger partial charge in [0.25, 0.3) is 0 Å². The number of sulfone groups is 1. The van der Waals surface area contributed by atoms with E-state index < -0.39 is 15.8 Å². The Balaban J connectivity index is 1.67. The zero-order valence-electron chi connectivity index (χ0n) is 17.1. The lowest BCUT2D eigenvalue weighted by Gasteiger charge is -2.07. The first-order valence-corrected chi connectivity index (χ1v) is 13.0. The van der Waals surface area contributed by atoms with Gasteiger partial charge < -0.3 is 5.11 Å². The Hall–Kier alpha value is -2.74. The van der Waals surface area contributed by atoms with Gasteiger partial charge in [0.15, 0.2) is 9.84 Å². The summed E-state index contributed by atoms with van der Waals surface area (Å²) in [6.45, 7) is 1.73. The third-order valence-electron chi connectivity index (χ3n) is 5.12. The topological polar surface area (TPSA) is 71.4 Å². The summed E-state index contributed by atoms with van der Waals surface area (Å²) in [4.78, 5) is 12.8. The molecule has 4 rings (SSSR count). The Kier molecular flexibility index (Phi) is 6.33. The van der Waals surface area contributed by atoms with Gasteiger partial charge in [-0.2, -0.15) is 0 Å². The number of halogens is 1. The summed E-state index contributed by atoms with van der Waals surface area (Å²) < 4.78 is 27.0. The summed E-state index contributed by atoms with van der Waals surface area (Å²) in [5.41, 5.74) is 3.90. The molecule has 0 aliphatic rings. The largest absolute Gasteiger partial charge is 0.477 e. The van der Waals surface area contributed by atoms with E-state index in [1.165, 1.54) is 0 Å². The van der Waals surface area contributed by atoms with E-state index in [0.717, 1.165) is 37.4 Å². The van der Waals surface area contributed by atoms with Gasteiger partial charge in [-0.05, 0) is 59.0 Å². The smallest absolute Gasteiger partial charge is 0.346 e. The van der Waals surface area contributed by atoms with Crippen molar-refractivity contribution in [2.24, 2.45) is 0 Å². The van der Waals surface area contributed by atoms with Crippen LogP contribution in [-0.4, -0.2) is 19.5 Å². The molecule has 0 aliphatic carbocycles. The zero-order chi connectivity index (χ0) is 22.9. The number of carbonyl (C=O) groups is 1. The van der Waals surface area contributed by atoms with Crippen molar-refractivity contribution < 1.29 is 18.3 Å². The van der Waals surface area contributed by atoms with Crippen LogP contribution in [0.15, 0.2) is 88.2 Å². The van der Waals surface area contributed by atoms with Gasteiger partial charge in [0, 0.05) is 9.35 Å². The van der Waals surface area contributed by atoms with Crippen molar-refractivity contribution >= 4 is 43.1 Å². The van der Waals surface area contributed by atoms with Crippen molar-refractivity contribution in [3.8, 4) is 21.6 Å². The van der Waals surface area contributed by atoms with E-state index in [2.05, 4.69) is 15.9 Å². The molecule has 0 fully saturated rings. The molecule has 4 aromatic rings. The molecule has 0 amide bonds. The van der Waals surface area contributed by atoms with E-state index in [-0.39, 0.29) is 15.5 Å². The number of hydrogen-bond acceptors (Lipinski definition) is 4. The number of rotatable bonds is 6. The van der Waals surface area contributed by atoms with E-state index >= 15 is 0 Å². The Labute approximate surface area is 199 Å². The Bertz CT molecular complexity index is 1390. The van der Waals surface area contributed by atoms with Crippen LogP contribution in [0.3, 0.4) is 0 Å². The summed E-state index contributed by atoms with van der Waals surface area (Å²) in [5, 5.41) is 9.67. The van der Waals surface area contributed by atoms with Crippen LogP contribution in [-0.2, 0) is 15.6 Å². The average molecular weight is 527 g/mol. The standard InChI is InChI=1S/C25H19BrO4S2/c1-16-4-2-3-5-23(16)32(29,30)15-20-14-22(31-24(20)25(27)28)19-8-6-17(7-9-19)18-10-12-21(26)13-11-18/h2-14H,15H2,1H3,(H,27,28). The summed E-state index contributed by atoms with van der Waals surface area (Å²) in [6, 6.07) is 24.2. The number of benzene rings is 3. The lowest BCUT2D eigenvalue weighted by molar-refractivity contribution is 0.0701. The molecule has 1 aromatic heterocycles. The lowest BCUT2D eigenvalue weighted by atomic mass is 10.0. The Morgan fingerprint density at radius 1 is 0.906 bits per heavy atom. The molecule has 0 spiro atoms. The van der Waals surface area contributed by atoms with E-state index in [0.29, 0.717) is 11.1 Å². The number of aryl methyl sites for hydroxylation is 1. The van der Waals surface area contributed by atoms with Gasteiger partial charge in [-0.1, -0.05) is 70.5 Å². The van der Waals surface area contributed by atoms with E-state index in [9.17, 15) is 18.3 Å². The second-order valence-electron chi connectivity index (χ2n) is 7.38. The SMILES string of the molecule is Cc1ccccc1S(=O)(=O)Cc1cc(-c2ccc(-c3ccc(Br)cc3)cc2)sc1C(=O)O. The molecule has 162 valence electrons. The predicted octanol–water partition coefficient (Wildman–Crippen LogP) is 6.83. The molecule has 1 heterocycles. The third kappa shape index (κ3) is 4.70. The second-order valence-corrected chi connectivity index (χ2v) is 11.3.